The molecule has 1 aromatic carbocycles. The molecule has 1 aromatic rings. The smallest absolute Gasteiger partial charge is 0.00393 e. The molecular formula is C11H17N. The van der Waals surface area contributed by atoms with Gasteiger partial charge in [-0.15, -0.1) is 0 Å². The zero-order valence-electron chi connectivity index (χ0n) is 7.83. The largest absolute Gasteiger partial charge is 0.328 e. The predicted octanol–water partition coefficient (Wildman–Crippen LogP) is 2.21. The van der Waals surface area contributed by atoms with Crippen molar-refractivity contribution in [3.63, 3.8) is 0 Å². The highest BCUT2D eigenvalue weighted by Gasteiger charge is 2.07. The molecule has 0 heterocycles. The summed E-state index contributed by atoms with van der Waals surface area (Å²) in [7, 11) is 0. The van der Waals surface area contributed by atoms with Gasteiger partial charge in [0.15, 0.2) is 0 Å². The summed E-state index contributed by atoms with van der Waals surface area (Å²) in [6.45, 7) is 4.26. The summed E-state index contributed by atoms with van der Waals surface area (Å²) < 4.78 is 0. The number of benzene rings is 1. The van der Waals surface area contributed by atoms with Crippen molar-refractivity contribution in [2.75, 3.05) is 0 Å². The molecule has 0 unspecified atom stereocenters. The van der Waals surface area contributed by atoms with E-state index in [0.717, 1.165) is 6.42 Å². The molecule has 0 fully saturated rings. The minimum Gasteiger partial charge on any atom is -0.328 e. The summed E-state index contributed by atoms with van der Waals surface area (Å²) in [4.78, 5) is 0. The van der Waals surface area contributed by atoms with Crippen LogP contribution in [0.15, 0.2) is 30.3 Å². The van der Waals surface area contributed by atoms with E-state index in [2.05, 4.69) is 38.1 Å². The first kappa shape index (κ1) is 9.27. The molecule has 1 heteroatoms. The van der Waals surface area contributed by atoms with Crippen molar-refractivity contribution in [2.24, 2.45) is 11.7 Å². The minimum absolute atomic E-state index is 0.283. The average molecular weight is 163 g/mol. The van der Waals surface area contributed by atoms with E-state index in [9.17, 15) is 0 Å². The molecule has 0 aliphatic rings. The summed E-state index contributed by atoms with van der Waals surface area (Å²) in [6, 6.07) is 10.8. The van der Waals surface area contributed by atoms with Gasteiger partial charge in [-0.05, 0) is 24.8 Å². The molecule has 0 bridgehead atoms. The van der Waals surface area contributed by atoms with Crippen molar-refractivity contribution >= 4 is 0 Å². The number of nitrogens with two attached hydrogens (primary N) is 1. The molecule has 0 saturated heterocycles. The summed E-state index contributed by atoms with van der Waals surface area (Å²) in [6.07, 6.45) is 1.08. The van der Waals surface area contributed by atoms with Crippen LogP contribution in [0.1, 0.15) is 19.4 Å². The Morgan fingerprint density at radius 1 is 1.17 bits per heavy atom. The highest BCUT2D eigenvalue weighted by molar-refractivity contribution is 5.15. The van der Waals surface area contributed by atoms with Crippen molar-refractivity contribution < 1.29 is 0 Å². The third kappa shape index (κ3) is 2.67. The van der Waals surface area contributed by atoms with Crippen LogP contribution in [-0.2, 0) is 6.42 Å². The lowest BCUT2D eigenvalue weighted by molar-refractivity contribution is 0.482. The van der Waals surface area contributed by atoms with E-state index < -0.39 is 0 Å². The maximum Gasteiger partial charge on any atom is 0.00393 e. The lowest BCUT2D eigenvalue weighted by atomic mass is 9.96. The van der Waals surface area contributed by atoms with Crippen LogP contribution in [0, 0.1) is 5.92 Å². The standard InChI is InChI=1S/C11H17N/c1-9(10(2)12)8-11-6-4-3-5-7-11/h3-7,9-10H,8,12H2,1-2H3/t9-,10+/m1/s1. The van der Waals surface area contributed by atoms with E-state index in [1.54, 1.807) is 0 Å². The van der Waals surface area contributed by atoms with Crippen molar-refractivity contribution in [3.05, 3.63) is 35.9 Å². The maximum atomic E-state index is 5.78. The molecule has 2 N–H and O–H groups in total. The van der Waals surface area contributed by atoms with Crippen LogP contribution in [0.4, 0.5) is 0 Å². The maximum absolute atomic E-state index is 5.78. The molecule has 0 aliphatic heterocycles. The van der Waals surface area contributed by atoms with Crippen LogP contribution < -0.4 is 5.73 Å². The normalized spacial score (nSPS) is 15.6. The quantitative estimate of drug-likeness (QED) is 0.726. The molecule has 66 valence electrons. The van der Waals surface area contributed by atoms with Crippen LogP contribution in [0.25, 0.3) is 0 Å². The molecule has 12 heavy (non-hydrogen) atoms. The zero-order chi connectivity index (χ0) is 8.97. The highest BCUT2D eigenvalue weighted by atomic mass is 14.6. The van der Waals surface area contributed by atoms with Crippen LogP contribution in [-0.4, -0.2) is 6.04 Å². The van der Waals surface area contributed by atoms with Gasteiger partial charge in [-0.25, -0.2) is 0 Å². The Morgan fingerprint density at radius 2 is 1.75 bits per heavy atom. The molecule has 0 saturated carbocycles. The van der Waals surface area contributed by atoms with Crippen LogP contribution >= 0.6 is 0 Å². The monoisotopic (exact) mass is 163 g/mol. The SMILES string of the molecule is C[C@H](N)[C@H](C)Cc1ccccc1. The Morgan fingerprint density at radius 3 is 2.25 bits per heavy atom. The highest BCUT2D eigenvalue weighted by Crippen LogP contribution is 2.09. The second-order valence-electron chi connectivity index (χ2n) is 3.53. The van der Waals surface area contributed by atoms with Crippen LogP contribution in [0.5, 0.6) is 0 Å². The lowest BCUT2D eigenvalue weighted by Crippen LogP contribution is -2.25. The van der Waals surface area contributed by atoms with E-state index in [1.165, 1.54) is 5.56 Å². The third-order valence-electron chi connectivity index (χ3n) is 2.30. The summed E-state index contributed by atoms with van der Waals surface area (Å²) in [5, 5.41) is 0. The average Bonchev–Trinajstić information content (AvgIpc) is 2.06. The summed E-state index contributed by atoms with van der Waals surface area (Å²) in [5.41, 5.74) is 7.16. The number of hydrogen-bond donors (Lipinski definition) is 1. The van der Waals surface area contributed by atoms with Gasteiger partial charge >= 0.3 is 0 Å². The first-order valence-electron chi connectivity index (χ1n) is 4.49. The van der Waals surface area contributed by atoms with E-state index >= 15 is 0 Å². The Hall–Kier alpha value is -0.820. The second kappa shape index (κ2) is 4.27. The van der Waals surface area contributed by atoms with Crippen molar-refractivity contribution in [3.8, 4) is 0 Å². The minimum atomic E-state index is 0.283. The third-order valence-corrected chi connectivity index (χ3v) is 2.30. The van der Waals surface area contributed by atoms with Gasteiger partial charge in [0.1, 0.15) is 0 Å². The fourth-order valence-electron chi connectivity index (χ4n) is 1.17. The van der Waals surface area contributed by atoms with Crippen molar-refractivity contribution in [2.45, 2.75) is 26.3 Å². The van der Waals surface area contributed by atoms with Gasteiger partial charge in [-0.1, -0.05) is 37.3 Å². The number of hydrogen-bond acceptors (Lipinski definition) is 1. The lowest BCUT2D eigenvalue weighted by Gasteiger charge is -2.14. The van der Waals surface area contributed by atoms with E-state index in [-0.39, 0.29) is 6.04 Å². The Bertz CT molecular complexity index is 216. The second-order valence-corrected chi connectivity index (χ2v) is 3.53. The molecule has 0 spiro atoms. The molecule has 2 atom stereocenters. The van der Waals surface area contributed by atoms with Gasteiger partial charge in [0.2, 0.25) is 0 Å². The van der Waals surface area contributed by atoms with E-state index in [4.69, 9.17) is 5.73 Å². The topological polar surface area (TPSA) is 26.0 Å². The van der Waals surface area contributed by atoms with E-state index in [0.29, 0.717) is 5.92 Å². The van der Waals surface area contributed by atoms with E-state index in [1.807, 2.05) is 6.07 Å². The fourth-order valence-corrected chi connectivity index (χ4v) is 1.17. The Kier molecular flexibility index (Phi) is 3.30. The molecule has 0 aromatic heterocycles. The van der Waals surface area contributed by atoms with Crippen molar-refractivity contribution in [1.29, 1.82) is 0 Å². The van der Waals surface area contributed by atoms with Gasteiger partial charge in [0.25, 0.3) is 0 Å². The van der Waals surface area contributed by atoms with Gasteiger partial charge in [-0.2, -0.15) is 0 Å². The first-order valence-corrected chi connectivity index (χ1v) is 4.49. The molecular weight excluding hydrogens is 146 g/mol. The Balaban J connectivity index is 2.53. The van der Waals surface area contributed by atoms with Gasteiger partial charge in [-0.3, -0.25) is 0 Å². The van der Waals surface area contributed by atoms with Crippen LogP contribution in [0.2, 0.25) is 0 Å². The van der Waals surface area contributed by atoms with Gasteiger partial charge < -0.3 is 5.73 Å². The summed E-state index contributed by atoms with van der Waals surface area (Å²) in [5.74, 6) is 0.562. The molecule has 0 radical (unpaired) electrons. The summed E-state index contributed by atoms with van der Waals surface area (Å²) >= 11 is 0. The molecule has 1 nitrogen and oxygen atoms in total. The number of rotatable bonds is 3. The fraction of sp³-hybridized carbons (Fsp3) is 0.455. The van der Waals surface area contributed by atoms with Crippen molar-refractivity contribution in [1.82, 2.24) is 0 Å². The predicted molar refractivity (Wildman–Crippen MR) is 53.0 cm³/mol. The van der Waals surface area contributed by atoms with Gasteiger partial charge in [0, 0.05) is 6.04 Å². The molecule has 0 aliphatic carbocycles. The zero-order valence-corrected chi connectivity index (χ0v) is 7.83. The van der Waals surface area contributed by atoms with Crippen LogP contribution in [0.3, 0.4) is 0 Å². The Labute approximate surface area is 74.6 Å². The van der Waals surface area contributed by atoms with Gasteiger partial charge in [0.05, 0.1) is 0 Å². The first-order chi connectivity index (χ1) is 5.70. The molecule has 0 amide bonds. The molecule has 1 rings (SSSR count).